The third-order valence-electron chi connectivity index (χ3n) is 2.54. The summed E-state index contributed by atoms with van der Waals surface area (Å²) in [6.45, 7) is 1.90. The molecule has 0 radical (unpaired) electrons. The van der Waals surface area contributed by atoms with Gasteiger partial charge < -0.3 is 0 Å². The summed E-state index contributed by atoms with van der Waals surface area (Å²) >= 11 is 0. The molecule has 5 heteroatoms. The Morgan fingerprint density at radius 2 is 2.12 bits per heavy atom. The maximum absolute atomic E-state index is 11.8. The second kappa shape index (κ2) is 3.55. The van der Waals surface area contributed by atoms with Crippen molar-refractivity contribution in [2.45, 2.75) is 6.92 Å². The van der Waals surface area contributed by atoms with Crippen LogP contribution < -0.4 is 5.56 Å². The van der Waals surface area contributed by atoms with E-state index in [9.17, 15) is 4.79 Å². The van der Waals surface area contributed by atoms with E-state index in [4.69, 9.17) is 0 Å². The van der Waals surface area contributed by atoms with Gasteiger partial charge in [-0.2, -0.15) is 5.10 Å². The molecule has 0 unspecified atom stereocenters. The molecule has 0 bridgehead atoms. The first-order valence-electron chi connectivity index (χ1n) is 5.25. The van der Waals surface area contributed by atoms with Crippen LogP contribution in [0.4, 0.5) is 0 Å². The smallest absolute Gasteiger partial charge is 0.255 e. The van der Waals surface area contributed by atoms with Crippen LogP contribution in [-0.2, 0) is 0 Å². The molecule has 0 aromatic carbocycles. The number of aryl methyl sites for hydroxylation is 1. The molecule has 3 aromatic heterocycles. The topological polar surface area (TPSA) is 52.2 Å². The highest BCUT2D eigenvalue weighted by atomic mass is 16.1. The maximum Gasteiger partial charge on any atom is 0.255 e. The molecule has 3 aromatic rings. The summed E-state index contributed by atoms with van der Waals surface area (Å²) < 4.78 is 3.23. The average molecular weight is 226 g/mol. The lowest BCUT2D eigenvalue weighted by atomic mass is 10.4. The van der Waals surface area contributed by atoms with E-state index >= 15 is 0 Å². The summed E-state index contributed by atoms with van der Waals surface area (Å²) in [6, 6.07) is 6.83. The van der Waals surface area contributed by atoms with Crippen LogP contribution in [0.3, 0.4) is 0 Å². The van der Waals surface area contributed by atoms with Gasteiger partial charge in [0.05, 0.1) is 23.8 Å². The van der Waals surface area contributed by atoms with Gasteiger partial charge in [-0.1, -0.05) is 6.07 Å². The van der Waals surface area contributed by atoms with Crippen molar-refractivity contribution in [3.05, 3.63) is 58.9 Å². The van der Waals surface area contributed by atoms with Gasteiger partial charge in [0.15, 0.2) is 5.65 Å². The van der Waals surface area contributed by atoms with Crippen LogP contribution in [0.1, 0.15) is 5.69 Å². The van der Waals surface area contributed by atoms with Gasteiger partial charge in [0.25, 0.3) is 5.56 Å². The fourth-order valence-electron chi connectivity index (χ4n) is 1.81. The lowest BCUT2D eigenvalue weighted by Crippen LogP contribution is -2.16. The van der Waals surface area contributed by atoms with Crippen molar-refractivity contribution >= 4 is 5.65 Å². The van der Waals surface area contributed by atoms with Crippen LogP contribution in [0.5, 0.6) is 0 Å². The molecule has 0 spiro atoms. The molecule has 0 fully saturated rings. The molecule has 0 saturated heterocycles. The number of hydrogen-bond donors (Lipinski definition) is 0. The molecule has 0 aliphatic carbocycles. The first kappa shape index (κ1) is 9.77. The largest absolute Gasteiger partial charge is 0.280 e. The normalized spacial score (nSPS) is 10.9. The van der Waals surface area contributed by atoms with Gasteiger partial charge in [0.1, 0.15) is 0 Å². The van der Waals surface area contributed by atoms with Crippen LogP contribution in [0.15, 0.2) is 47.7 Å². The predicted molar refractivity (Wildman–Crippen MR) is 63.3 cm³/mol. The second-order valence-electron chi connectivity index (χ2n) is 3.78. The lowest BCUT2D eigenvalue weighted by Gasteiger charge is -2.05. The Hall–Kier alpha value is -2.43. The quantitative estimate of drug-likeness (QED) is 0.626. The Bertz CT molecular complexity index is 741. The van der Waals surface area contributed by atoms with Crippen LogP contribution in [0.25, 0.3) is 11.3 Å². The zero-order valence-corrected chi connectivity index (χ0v) is 9.24. The number of fused-ring (bicyclic) bond motifs is 1. The number of imidazole rings is 1. The predicted octanol–water partition coefficient (Wildman–Crippen LogP) is 1.19. The maximum atomic E-state index is 11.8. The molecule has 0 atom stereocenters. The third-order valence-corrected chi connectivity index (χ3v) is 2.54. The molecule has 0 saturated carbocycles. The van der Waals surface area contributed by atoms with E-state index in [2.05, 4.69) is 10.1 Å². The van der Waals surface area contributed by atoms with Gasteiger partial charge >= 0.3 is 0 Å². The number of hydrogen-bond acceptors (Lipinski definition) is 3. The summed E-state index contributed by atoms with van der Waals surface area (Å²) in [4.78, 5) is 16.1. The van der Waals surface area contributed by atoms with E-state index in [0.29, 0.717) is 5.65 Å². The minimum Gasteiger partial charge on any atom is -0.280 e. The van der Waals surface area contributed by atoms with Gasteiger partial charge in [-0.05, 0) is 19.1 Å². The Kier molecular flexibility index (Phi) is 2.04. The fraction of sp³-hybridized carbons (Fsp3) is 0.0833. The first-order valence-corrected chi connectivity index (χ1v) is 5.25. The van der Waals surface area contributed by atoms with Crippen molar-refractivity contribution < 1.29 is 0 Å². The van der Waals surface area contributed by atoms with Crippen molar-refractivity contribution in [2.75, 3.05) is 0 Å². The molecular formula is C12H10N4O. The highest BCUT2D eigenvalue weighted by Gasteiger charge is 2.07. The SMILES string of the molecule is Cc1cn2nccc(-n3ccccc3=O)c2n1. The molecular weight excluding hydrogens is 216 g/mol. The minimum absolute atomic E-state index is 0.0822. The van der Waals surface area contributed by atoms with Crippen molar-refractivity contribution in [3.8, 4) is 5.69 Å². The Labute approximate surface area is 97.0 Å². The lowest BCUT2D eigenvalue weighted by molar-refractivity contribution is 0.901. The Morgan fingerprint density at radius 1 is 1.24 bits per heavy atom. The first-order chi connectivity index (χ1) is 8.25. The van der Waals surface area contributed by atoms with E-state index in [1.165, 1.54) is 6.07 Å². The van der Waals surface area contributed by atoms with Gasteiger partial charge in [0.2, 0.25) is 0 Å². The number of rotatable bonds is 1. The highest BCUT2D eigenvalue weighted by Crippen LogP contribution is 2.12. The van der Waals surface area contributed by atoms with Gasteiger partial charge in [-0.25, -0.2) is 9.50 Å². The minimum atomic E-state index is -0.0822. The molecule has 5 nitrogen and oxygen atoms in total. The average Bonchev–Trinajstić information content (AvgIpc) is 2.70. The molecule has 17 heavy (non-hydrogen) atoms. The molecule has 3 rings (SSSR count). The molecule has 3 heterocycles. The van der Waals surface area contributed by atoms with Gasteiger partial charge in [-0.3, -0.25) is 9.36 Å². The van der Waals surface area contributed by atoms with E-state index in [-0.39, 0.29) is 5.56 Å². The van der Waals surface area contributed by atoms with Crippen molar-refractivity contribution in [1.82, 2.24) is 19.2 Å². The summed E-state index contributed by atoms with van der Waals surface area (Å²) in [7, 11) is 0. The van der Waals surface area contributed by atoms with E-state index < -0.39 is 0 Å². The summed E-state index contributed by atoms with van der Waals surface area (Å²) in [5, 5.41) is 4.16. The molecule has 0 N–H and O–H groups in total. The second-order valence-corrected chi connectivity index (χ2v) is 3.78. The van der Waals surface area contributed by atoms with Crippen LogP contribution in [0.2, 0.25) is 0 Å². The Balaban J connectivity index is 2.38. The third kappa shape index (κ3) is 1.52. The van der Waals surface area contributed by atoms with E-state index in [1.807, 2.05) is 19.2 Å². The van der Waals surface area contributed by atoms with Gasteiger partial charge in [-0.15, -0.1) is 0 Å². The fourth-order valence-corrected chi connectivity index (χ4v) is 1.81. The van der Waals surface area contributed by atoms with Crippen molar-refractivity contribution in [3.63, 3.8) is 0 Å². The van der Waals surface area contributed by atoms with E-state index in [1.54, 1.807) is 33.6 Å². The molecule has 0 aliphatic rings. The Morgan fingerprint density at radius 3 is 2.94 bits per heavy atom. The zero-order chi connectivity index (χ0) is 11.8. The van der Waals surface area contributed by atoms with Gasteiger partial charge in [0, 0.05) is 12.3 Å². The number of aromatic nitrogens is 4. The molecule has 84 valence electrons. The van der Waals surface area contributed by atoms with E-state index in [0.717, 1.165) is 11.4 Å². The number of pyridine rings is 1. The zero-order valence-electron chi connectivity index (χ0n) is 9.24. The highest BCUT2D eigenvalue weighted by molar-refractivity contribution is 5.58. The molecule has 0 aliphatic heterocycles. The van der Waals surface area contributed by atoms with Crippen LogP contribution in [0, 0.1) is 6.92 Å². The van der Waals surface area contributed by atoms with Crippen molar-refractivity contribution in [1.29, 1.82) is 0 Å². The summed E-state index contributed by atoms with van der Waals surface area (Å²) in [5.41, 5.74) is 2.20. The monoisotopic (exact) mass is 226 g/mol. The summed E-state index contributed by atoms with van der Waals surface area (Å²) in [6.07, 6.45) is 5.21. The standard InChI is InChI=1S/C12H10N4O/c1-9-8-16-12(14-9)10(5-6-13-16)15-7-3-2-4-11(15)17/h2-8H,1H3. The van der Waals surface area contributed by atoms with Crippen molar-refractivity contribution in [2.24, 2.45) is 0 Å². The van der Waals surface area contributed by atoms with Crippen LogP contribution >= 0.6 is 0 Å². The van der Waals surface area contributed by atoms with Crippen LogP contribution in [-0.4, -0.2) is 19.2 Å². The summed E-state index contributed by atoms with van der Waals surface area (Å²) in [5.74, 6) is 0. The molecule has 0 amide bonds. The number of nitrogens with zero attached hydrogens (tertiary/aromatic N) is 4.